The fourth-order valence-electron chi connectivity index (χ4n) is 2.17. The summed E-state index contributed by atoms with van der Waals surface area (Å²) >= 11 is 2.34. The number of benzene rings is 1. The van der Waals surface area contributed by atoms with Crippen LogP contribution in [-0.4, -0.2) is 11.5 Å². The van der Waals surface area contributed by atoms with Crippen LogP contribution in [0.15, 0.2) is 42.6 Å². The van der Waals surface area contributed by atoms with Crippen molar-refractivity contribution in [3.8, 4) is 0 Å². The van der Waals surface area contributed by atoms with Gasteiger partial charge in [-0.15, -0.1) is 0 Å². The number of hydrogen-bond donors (Lipinski definition) is 1. The van der Waals surface area contributed by atoms with Gasteiger partial charge in [0.05, 0.1) is 0 Å². The second kappa shape index (κ2) is 7.01. The molecule has 0 radical (unpaired) electrons. The molecule has 0 aliphatic heterocycles. The van der Waals surface area contributed by atoms with Gasteiger partial charge in [-0.3, -0.25) is 4.98 Å². The summed E-state index contributed by atoms with van der Waals surface area (Å²) in [7, 11) is 0. The van der Waals surface area contributed by atoms with Gasteiger partial charge in [0.2, 0.25) is 0 Å². The summed E-state index contributed by atoms with van der Waals surface area (Å²) in [6, 6.07) is 13.2. The number of rotatable bonds is 5. The molecular formula is C16H19IN2. The summed E-state index contributed by atoms with van der Waals surface area (Å²) in [5.74, 6) is 0. The van der Waals surface area contributed by atoms with Crippen LogP contribution >= 0.6 is 22.6 Å². The highest BCUT2D eigenvalue weighted by Crippen LogP contribution is 2.20. The third-order valence-electron chi connectivity index (χ3n) is 3.24. The quantitative estimate of drug-likeness (QED) is 0.813. The van der Waals surface area contributed by atoms with Crippen molar-refractivity contribution < 1.29 is 0 Å². The van der Waals surface area contributed by atoms with Crippen LogP contribution in [0.25, 0.3) is 0 Å². The van der Waals surface area contributed by atoms with Gasteiger partial charge in [0.1, 0.15) is 0 Å². The van der Waals surface area contributed by atoms with Crippen LogP contribution in [0.2, 0.25) is 0 Å². The molecule has 1 atom stereocenters. The molecular weight excluding hydrogens is 347 g/mol. The fourth-order valence-corrected chi connectivity index (χ4v) is 2.53. The molecule has 0 bridgehead atoms. The van der Waals surface area contributed by atoms with E-state index in [4.69, 9.17) is 0 Å². The zero-order chi connectivity index (χ0) is 13.7. The lowest BCUT2D eigenvalue weighted by Crippen LogP contribution is -2.23. The van der Waals surface area contributed by atoms with Gasteiger partial charge >= 0.3 is 0 Å². The predicted octanol–water partition coefficient (Wildman–Crippen LogP) is 3.89. The number of nitrogens with one attached hydrogen (secondary N) is 1. The first-order chi connectivity index (χ1) is 9.20. The molecule has 0 spiro atoms. The molecule has 0 saturated heterocycles. The zero-order valence-corrected chi connectivity index (χ0v) is 13.5. The molecule has 0 saturated carbocycles. The lowest BCUT2D eigenvalue weighted by Gasteiger charge is -2.19. The van der Waals surface area contributed by atoms with E-state index in [1.807, 2.05) is 12.3 Å². The molecule has 0 fully saturated rings. The topological polar surface area (TPSA) is 24.9 Å². The Hall–Kier alpha value is -0.940. The molecule has 0 amide bonds. The number of aryl methyl sites for hydroxylation is 1. The van der Waals surface area contributed by atoms with Gasteiger partial charge in [0, 0.05) is 27.9 Å². The first-order valence-electron chi connectivity index (χ1n) is 6.60. The van der Waals surface area contributed by atoms with Crippen LogP contribution in [0.5, 0.6) is 0 Å². The van der Waals surface area contributed by atoms with Gasteiger partial charge in [-0.1, -0.05) is 25.1 Å². The number of likely N-dealkylation sites (N-methyl/N-ethyl adjacent to an activating group) is 1. The van der Waals surface area contributed by atoms with Crippen molar-refractivity contribution >= 4 is 22.6 Å². The van der Waals surface area contributed by atoms with E-state index in [1.165, 1.54) is 20.4 Å². The normalized spacial score (nSPS) is 12.4. The van der Waals surface area contributed by atoms with Crippen LogP contribution in [0.4, 0.5) is 0 Å². The maximum Gasteiger partial charge on any atom is 0.0451 e. The number of nitrogens with zero attached hydrogens (tertiary/aromatic N) is 1. The molecule has 1 N–H and O–H groups in total. The molecule has 0 aliphatic rings. The lowest BCUT2D eigenvalue weighted by atomic mass is 10.00. The van der Waals surface area contributed by atoms with Gasteiger partial charge in [-0.05, 0) is 65.4 Å². The molecule has 1 aromatic carbocycles. The van der Waals surface area contributed by atoms with Gasteiger partial charge in [-0.25, -0.2) is 0 Å². The van der Waals surface area contributed by atoms with Crippen LogP contribution in [0.1, 0.15) is 29.8 Å². The van der Waals surface area contributed by atoms with Crippen molar-refractivity contribution in [2.75, 3.05) is 6.54 Å². The Balaban J connectivity index is 2.21. The summed E-state index contributed by atoms with van der Waals surface area (Å²) in [5.41, 5.74) is 3.76. The highest BCUT2D eigenvalue weighted by molar-refractivity contribution is 14.1. The second-order valence-electron chi connectivity index (χ2n) is 4.63. The molecule has 2 rings (SSSR count). The minimum Gasteiger partial charge on any atom is -0.310 e. The maximum atomic E-state index is 4.50. The molecule has 3 heteroatoms. The van der Waals surface area contributed by atoms with Crippen molar-refractivity contribution in [3.63, 3.8) is 0 Å². The molecule has 19 heavy (non-hydrogen) atoms. The first kappa shape index (κ1) is 14.5. The van der Waals surface area contributed by atoms with Gasteiger partial charge in [0.25, 0.3) is 0 Å². The van der Waals surface area contributed by atoms with E-state index in [9.17, 15) is 0 Å². The summed E-state index contributed by atoms with van der Waals surface area (Å²) < 4.78 is 1.27. The van der Waals surface area contributed by atoms with E-state index in [2.05, 4.69) is 77.1 Å². The smallest absolute Gasteiger partial charge is 0.0451 e. The molecule has 0 aliphatic carbocycles. The van der Waals surface area contributed by atoms with Crippen LogP contribution in [0, 0.1) is 10.5 Å². The van der Waals surface area contributed by atoms with E-state index in [-0.39, 0.29) is 0 Å². The number of aromatic nitrogens is 1. The Labute approximate surface area is 128 Å². The van der Waals surface area contributed by atoms with Crippen LogP contribution < -0.4 is 5.32 Å². The highest BCUT2D eigenvalue weighted by atomic mass is 127. The Kier molecular flexibility index (Phi) is 5.34. The standard InChI is InChI=1S/C16H19IN2/c1-3-18-16(13-6-8-14(17)9-7-13)11-15-12(2)5-4-10-19-15/h4-10,16,18H,3,11H2,1-2H3. The maximum absolute atomic E-state index is 4.50. The van der Waals surface area contributed by atoms with E-state index in [0.717, 1.165) is 13.0 Å². The van der Waals surface area contributed by atoms with Gasteiger partial charge < -0.3 is 5.32 Å². The third kappa shape index (κ3) is 4.01. The molecule has 1 aromatic heterocycles. The summed E-state index contributed by atoms with van der Waals surface area (Å²) in [5, 5.41) is 3.55. The molecule has 100 valence electrons. The van der Waals surface area contributed by atoms with E-state index in [1.54, 1.807) is 0 Å². The minimum atomic E-state index is 0.329. The van der Waals surface area contributed by atoms with E-state index < -0.39 is 0 Å². The summed E-state index contributed by atoms with van der Waals surface area (Å²) in [6.45, 7) is 5.23. The van der Waals surface area contributed by atoms with Crippen molar-refractivity contribution in [1.82, 2.24) is 10.3 Å². The summed E-state index contributed by atoms with van der Waals surface area (Å²) in [6.07, 6.45) is 2.81. The molecule has 1 heterocycles. The van der Waals surface area contributed by atoms with Gasteiger partial charge in [0.15, 0.2) is 0 Å². The lowest BCUT2D eigenvalue weighted by molar-refractivity contribution is 0.542. The Morgan fingerprint density at radius 1 is 1.21 bits per heavy atom. The molecule has 2 nitrogen and oxygen atoms in total. The third-order valence-corrected chi connectivity index (χ3v) is 3.96. The number of hydrogen-bond acceptors (Lipinski definition) is 2. The van der Waals surface area contributed by atoms with Gasteiger partial charge in [-0.2, -0.15) is 0 Å². The fraction of sp³-hybridized carbons (Fsp3) is 0.312. The largest absolute Gasteiger partial charge is 0.310 e. The SMILES string of the molecule is CCNC(Cc1ncccc1C)c1ccc(I)cc1. The second-order valence-corrected chi connectivity index (χ2v) is 5.88. The average molecular weight is 366 g/mol. The molecule has 2 aromatic rings. The van der Waals surface area contributed by atoms with Crippen LogP contribution in [-0.2, 0) is 6.42 Å². The average Bonchev–Trinajstić information content (AvgIpc) is 2.42. The number of halogens is 1. The van der Waals surface area contributed by atoms with E-state index >= 15 is 0 Å². The molecule has 1 unspecified atom stereocenters. The number of pyridine rings is 1. The van der Waals surface area contributed by atoms with Crippen molar-refractivity contribution in [2.45, 2.75) is 26.3 Å². The van der Waals surface area contributed by atoms with E-state index in [0.29, 0.717) is 6.04 Å². The summed E-state index contributed by atoms with van der Waals surface area (Å²) in [4.78, 5) is 4.50. The predicted molar refractivity (Wildman–Crippen MR) is 88.3 cm³/mol. The Morgan fingerprint density at radius 3 is 2.58 bits per heavy atom. The van der Waals surface area contributed by atoms with Crippen molar-refractivity contribution in [2.24, 2.45) is 0 Å². The minimum absolute atomic E-state index is 0.329. The zero-order valence-electron chi connectivity index (χ0n) is 11.4. The van der Waals surface area contributed by atoms with Crippen LogP contribution in [0.3, 0.4) is 0 Å². The van der Waals surface area contributed by atoms with Crippen molar-refractivity contribution in [1.29, 1.82) is 0 Å². The Bertz CT molecular complexity index is 523. The first-order valence-corrected chi connectivity index (χ1v) is 7.68. The monoisotopic (exact) mass is 366 g/mol. The van der Waals surface area contributed by atoms with Crippen molar-refractivity contribution in [3.05, 3.63) is 63.0 Å². The highest BCUT2D eigenvalue weighted by Gasteiger charge is 2.13. The Morgan fingerprint density at radius 2 is 1.95 bits per heavy atom.